The number of alkyl halides is 1. The van der Waals surface area contributed by atoms with Gasteiger partial charge >= 0.3 is 5.97 Å². The molecule has 1 fully saturated rings. The molecule has 1 aliphatic rings. The van der Waals surface area contributed by atoms with Gasteiger partial charge in [-0.15, -0.1) is 11.6 Å². The second kappa shape index (κ2) is 4.78. The fraction of sp³-hybridized carbons (Fsp3) is 0.400. The summed E-state index contributed by atoms with van der Waals surface area (Å²) in [5.74, 6) is -1.05. The first kappa shape index (κ1) is 11.3. The van der Waals surface area contributed by atoms with Gasteiger partial charge in [0, 0.05) is 18.3 Å². The van der Waals surface area contributed by atoms with E-state index in [1.807, 2.05) is 0 Å². The number of morpholine rings is 1. The summed E-state index contributed by atoms with van der Waals surface area (Å²) in [6.45, 7) is 0.834. The van der Waals surface area contributed by atoms with Crippen molar-refractivity contribution in [2.75, 3.05) is 13.2 Å². The Balaban J connectivity index is 2.23. The Hall–Kier alpha value is -1.17. The first-order chi connectivity index (χ1) is 7.68. The Morgan fingerprint density at radius 2 is 2.50 bits per heavy atom. The smallest absolute Gasteiger partial charge is 0.354 e. The molecule has 1 aliphatic heterocycles. The van der Waals surface area contributed by atoms with Gasteiger partial charge in [0.2, 0.25) is 0 Å². The predicted octanol–water partition coefficient (Wildman–Crippen LogP) is 1.01. The van der Waals surface area contributed by atoms with Crippen LogP contribution in [-0.2, 0) is 4.74 Å². The Labute approximate surface area is 97.4 Å². The molecule has 0 amide bonds. The number of aromatic nitrogens is 1. The molecule has 6 heteroatoms. The maximum Gasteiger partial charge on any atom is 0.354 e. The number of carboxylic acids is 1. The molecule has 1 aromatic rings. The summed E-state index contributed by atoms with van der Waals surface area (Å²) in [7, 11) is 0. The van der Waals surface area contributed by atoms with Crippen molar-refractivity contribution in [1.29, 1.82) is 0 Å². The quantitative estimate of drug-likeness (QED) is 0.598. The first-order valence-electron chi connectivity index (χ1n) is 4.85. The van der Waals surface area contributed by atoms with E-state index in [1.165, 1.54) is 6.20 Å². The van der Waals surface area contributed by atoms with Gasteiger partial charge < -0.3 is 9.84 Å². The normalized spacial score (nSPS) is 25.3. The zero-order valence-electron chi connectivity index (χ0n) is 8.39. The highest BCUT2D eigenvalue weighted by Gasteiger charge is 2.25. The number of nitrogens with zero attached hydrogens (tertiary/aromatic N) is 1. The van der Waals surface area contributed by atoms with Crippen molar-refractivity contribution in [2.45, 2.75) is 11.6 Å². The summed E-state index contributed by atoms with van der Waals surface area (Å²) < 4.78 is 5.47. The zero-order chi connectivity index (χ0) is 11.5. The third-order valence-electron chi connectivity index (χ3n) is 2.36. The standard InChI is InChI=1S/C10H11ClN2O3/c11-8-5-16-7(4-13-8)6-2-1-3-12-9(6)10(14)15/h1-3,7-8,13H,4-5H2,(H,14,15). The lowest BCUT2D eigenvalue weighted by atomic mass is 10.1. The number of hydrogen-bond acceptors (Lipinski definition) is 4. The van der Waals surface area contributed by atoms with Crippen LogP contribution in [-0.4, -0.2) is 34.7 Å². The number of rotatable bonds is 2. The molecule has 2 unspecified atom stereocenters. The minimum atomic E-state index is -1.05. The third-order valence-corrected chi connectivity index (χ3v) is 2.64. The highest BCUT2D eigenvalue weighted by atomic mass is 35.5. The van der Waals surface area contributed by atoms with Gasteiger partial charge in [0.15, 0.2) is 5.69 Å². The summed E-state index contributed by atoms with van der Waals surface area (Å²) in [6, 6.07) is 3.40. The number of aromatic carboxylic acids is 1. The predicted molar refractivity (Wildman–Crippen MR) is 57.5 cm³/mol. The number of halogens is 1. The van der Waals surface area contributed by atoms with Crippen molar-refractivity contribution in [1.82, 2.24) is 10.3 Å². The number of pyridine rings is 1. The lowest BCUT2D eigenvalue weighted by Gasteiger charge is -2.27. The monoisotopic (exact) mass is 242 g/mol. The number of hydrogen-bond donors (Lipinski definition) is 2. The first-order valence-corrected chi connectivity index (χ1v) is 5.29. The molecule has 5 nitrogen and oxygen atoms in total. The van der Waals surface area contributed by atoms with E-state index in [9.17, 15) is 4.79 Å². The number of ether oxygens (including phenoxy) is 1. The van der Waals surface area contributed by atoms with Crippen LogP contribution in [0.5, 0.6) is 0 Å². The summed E-state index contributed by atoms with van der Waals surface area (Å²) in [6.07, 6.45) is 1.14. The topological polar surface area (TPSA) is 71.5 Å². The number of nitrogens with one attached hydrogen (secondary N) is 1. The van der Waals surface area contributed by atoms with Crippen LogP contribution in [0.25, 0.3) is 0 Å². The molecule has 86 valence electrons. The van der Waals surface area contributed by atoms with E-state index >= 15 is 0 Å². The Morgan fingerprint density at radius 3 is 3.12 bits per heavy atom. The molecule has 2 atom stereocenters. The average molecular weight is 243 g/mol. The largest absolute Gasteiger partial charge is 0.477 e. The van der Waals surface area contributed by atoms with Crippen LogP contribution in [0.2, 0.25) is 0 Å². The second-order valence-corrected chi connectivity index (χ2v) is 3.97. The molecule has 2 rings (SSSR count). The molecule has 0 spiro atoms. The molecular formula is C10H11ClN2O3. The molecule has 2 heterocycles. The van der Waals surface area contributed by atoms with E-state index in [2.05, 4.69) is 10.3 Å². The lowest BCUT2D eigenvalue weighted by molar-refractivity contribution is 0.0178. The summed E-state index contributed by atoms with van der Waals surface area (Å²) in [4.78, 5) is 14.8. The van der Waals surface area contributed by atoms with E-state index in [0.29, 0.717) is 18.7 Å². The van der Waals surface area contributed by atoms with Crippen molar-refractivity contribution >= 4 is 17.6 Å². The van der Waals surface area contributed by atoms with Crippen molar-refractivity contribution in [3.63, 3.8) is 0 Å². The van der Waals surface area contributed by atoms with Crippen LogP contribution in [0.15, 0.2) is 18.3 Å². The molecular weight excluding hydrogens is 232 g/mol. The van der Waals surface area contributed by atoms with Gasteiger partial charge in [-0.2, -0.15) is 0 Å². The van der Waals surface area contributed by atoms with Crippen molar-refractivity contribution in [3.8, 4) is 0 Å². The summed E-state index contributed by atoms with van der Waals surface area (Å²) in [5, 5.41) is 12.0. The minimum Gasteiger partial charge on any atom is -0.477 e. The van der Waals surface area contributed by atoms with Gasteiger partial charge in [-0.25, -0.2) is 9.78 Å². The van der Waals surface area contributed by atoms with Crippen LogP contribution in [0.1, 0.15) is 22.2 Å². The van der Waals surface area contributed by atoms with E-state index in [-0.39, 0.29) is 17.3 Å². The fourth-order valence-corrected chi connectivity index (χ4v) is 1.77. The molecule has 0 aromatic carbocycles. The van der Waals surface area contributed by atoms with Gasteiger partial charge in [0.25, 0.3) is 0 Å². The van der Waals surface area contributed by atoms with E-state index in [1.54, 1.807) is 12.1 Å². The van der Waals surface area contributed by atoms with Crippen molar-refractivity contribution in [3.05, 3.63) is 29.6 Å². The number of carboxylic acid groups (broad SMARTS) is 1. The maximum atomic E-state index is 11.0. The van der Waals surface area contributed by atoms with Crippen LogP contribution in [0.4, 0.5) is 0 Å². The van der Waals surface area contributed by atoms with Crippen LogP contribution >= 0.6 is 11.6 Å². The van der Waals surface area contributed by atoms with E-state index in [0.717, 1.165) is 0 Å². The molecule has 0 bridgehead atoms. The molecule has 1 aromatic heterocycles. The van der Waals surface area contributed by atoms with E-state index < -0.39 is 5.97 Å². The van der Waals surface area contributed by atoms with Gasteiger partial charge in [-0.1, -0.05) is 6.07 Å². The van der Waals surface area contributed by atoms with Gasteiger partial charge in [0.1, 0.15) is 5.50 Å². The average Bonchev–Trinajstić information content (AvgIpc) is 2.30. The SMILES string of the molecule is O=C(O)c1ncccc1C1CNC(Cl)CO1. The van der Waals surface area contributed by atoms with E-state index in [4.69, 9.17) is 21.4 Å². The molecule has 0 radical (unpaired) electrons. The van der Waals surface area contributed by atoms with Crippen LogP contribution < -0.4 is 5.32 Å². The minimum absolute atomic E-state index is 0.0299. The Morgan fingerprint density at radius 1 is 1.69 bits per heavy atom. The lowest BCUT2D eigenvalue weighted by Crippen LogP contribution is -2.39. The second-order valence-electron chi connectivity index (χ2n) is 3.44. The molecule has 0 saturated carbocycles. The zero-order valence-corrected chi connectivity index (χ0v) is 9.15. The fourth-order valence-electron chi connectivity index (χ4n) is 1.61. The highest BCUT2D eigenvalue weighted by Crippen LogP contribution is 2.23. The summed E-state index contributed by atoms with van der Waals surface area (Å²) in [5.41, 5.74) is 0.384. The molecule has 1 saturated heterocycles. The van der Waals surface area contributed by atoms with Gasteiger partial charge in [-0.3, -0.25) is 5.32 Å². The van der Waals surface area contributed by atoms with Gasteiger partial charge in [-0.05, 0) is 6.07 Å². The summed E-state index contributed by atoms with van der Waals surface area (Å²) >= 11 is 5.80. The molecule has 16 heavy (non-hydrogen) atoms. The van der Waals surface area contributed by atoms with Crippen LogP contribution in [0.3, 0.4) is 0 Å². The third kappa shape index (κ3) is 2.32. The molecule has 2 N–H and O–H groups in total. The van der Waals surface area contributed by atoms with Crippen molar-refractivity contribution in [2.24, 2.45) is 0 Å². The highest BCUT2D eigenvalue weighted by molar-refractivity contribution is 6.20. The maximum absolute atomic E-state index is 11.0. The van der Waals surface area contributed by atoms with Gasteiger partial charge in [0.05, 0.1) is 12.7 Å². The number of carbonyl (C=O) groups is 1. The van der Waals surface area contributed by atoms with Crippen LogP contribution in [0, 0.1) is 0 Å². The van der Waals surface area contributed by atoms with Crippen molar-refractivity contribution < 1.29 is 14.6 Å². The Bertz CT molecular complexity index is 391. The molecule has 0 aliphatic carbocycles. The Kier molecular flexibility index (Phi) is 3.38.